The third kappa shape index (κ3) is 3.65. The molecule has 0 saturated carbocycles. The first-order chi connectivity index (χ1) is 11.3. The van der Waals surface area contributed by atoms with E-state index in [4.69, 9.17) is 5.14 Å². The van der Waals surface area contributed by atoms with Crippen LogP contribution in [0.2, 0.25) is 0 Å². The van der Waals surface area contributed by atoms with Crippen LogP contribution in [0.3, 0.4) is 0 Å². The molecule has 128 valence electrons. The van der Waals surface area contributed by atoms with Gasteiger partial charge in [-0.25, -0.2) is 13.6 Å². The van der Waals surface area contributed by atoms with Crippen LogP contribution in [-0.2, 0) is 22.8 Å². The van der Waals surface area contributed by atoms with Gasteiger partial charge in [0.1, 0.15) is 0 Å². The van der Waals surface area contributed by atoms with Gasteiger partial charge in [0.25, 0.3) is 5.91 Å². The Hall–Kier alpha value is -2.19. The second kappa shape index (κ2) is 6.37. The Morgan fingerprint density at radius 3 is 2.62 bits per heavy atom. The summed E-state index contributed by atoms with van der Waals surface area (Å²) in [7, 11) is -1.72. The second-order valence-corrected chi connectivity index (χ2v) is 7.72. The summed E-state index contributed by atoms with van der Waals surface area (Å²) in [6.07, 6.45) is 5.60. The number of aromatic nitrogens is 2. The zero-order chi connectivity index (χ0) is 17.3. The molecule has 1 aromatic heterocycles. The van der Waals surface area contributed by atoms with E-state index in [1.165, 1.54) is 0 Å². The smallest absolute Gasteiger partial charge is 0.254 e. The molecule has 1 amide bonds. The van der Waals surface area contributed by atoms with Crippen molar-refractivity contribution in [1.82, 2.24) is 14.7 Å². The molecule has 0 spiro atoms. The highest BCUT2D eigenvalue weighted by Crippen LogP contribution is 2.32. The third-order valence-corrected chi connectivity index (χ3v) is 4.93. The Kier molecular flexibility index (Phi) is 4.42. The number of carbonyl (C=O) groups is 1. The lowest BCUT2D eigenvalue weighted by atomic mass is 10.1. The molecule has 1 aromatic carbocycles. The number of sulfonamides is 1. The van der Waals surface area contributed by atoms with Gasteiger partial charge in [-0.15, -0.1) is 0 Å². The third-order valence-electron chi connectivity index (χ3n) is 4.19. The van der Waals surface area contributed by atoms with Crippen molar-refractivity contribution in [3.05, 3.63) is 53.3 Å². The molecule has 1 atom stereocenters. The summed E-state index contributed by atoms with van der Waals surface area (Å²) in [5, 5.41) is 9.22. The molecule has 0 unspecified atom stereocenters. The zero-order valence-electron chi connectivity index (χ0n) is 13.4. The van der Waals surface area contributed by atoms with Crippen LogP contribution >= 0.6 is 0 Å². The Morgan fingerprint density at radius 1 is 1.33 bits per heavy atom. The van der Waals surface area contributed by atoms with Gasteiger partial charge in [-0.2, -0.15) is 5.10 Å². The van der Waals surface area contributed by atoms with E-state index < -0.39 is 10.0 Å². The predicted octanol–water partition coefficient (Wildman–Crippen LogP) is 1.19. The SMILES string of the molecule is Cn1cc([C@H]2CCCN2C(=O)c2ccc(CS(N)(=O)=O)cc2)cn1. The average molecular weight is 348 g/mol. The van der Waals surface area contributed by atoms with E-state index in [1.807, 2.05) is 18.1 Å². The van der Waals surface area contributed by atoms with Crippen molar-refractivity contribution in [1.29, 1.82) is 0 Å². The minimum absolute atomic E-state index is 0.0373. The van der Waals surface area contributed by atoms with E-state index in [2.05, 4.69) is 5.10 Å². The Bertz CT molecular complexity index is 842. The van der Waals surface area contributed by atoms with E-state index in [-0.39, 0.29) is 17.7 Å². The summed E-state index contributed by atoms with van der Waals surface area (Å²) in [4.78, 5) is 14.6. The van der Waals surface area contributed by atoms with Crippen LogP contribution in [-0.4, -0.2) is 35.6 Å². The molecular weight excluding hydrogens is 328 g/mol. The van der Waals surface area contributed by atoms with E-state index in [0.717, 1.165) is 18.4 Å². The number of likely N-dealkylation sites (tertiary alicyclic amines) is 1. The maximum absolute atomic E-state index is 12.8. The molecule has 2 heterocycles. The second-order valence-electron chi connectivity index (χ2n) is 6.11. The number of amides is 1. The molecule has 24 heavy (non-hydrogen) atoms. The van der Waals surface area contributed by atoms with Gasteiger partial charge in [-0.1, -0.05) is 12.1 Å². The molecule has 1 fully saturated rings. The van der Waals surface area contributed by atoms with Gasteiger partial charge < -0.3 is 4.90 Å². The number of benzene rings is 1. The van der Waals surface area contributed by atoms with Crippen molar-refractivity contribution >= 4 is 15.9 Å². The summed E-state index contributed by atoms with van der Waals surface area (Å²) >= 11 is 0. The maximum Gasteiger partial charge on any atom is 0.254 e. The van der Waals surface area contributed by atoms with Crippen molar-refractivity contribution in [2.75, 3.05) is 6.54 Å². The quantitative estimate of drug-likeness (QED) is 0.897. The van der Waals surface area contributed by atoms with E-state index in [1.54, 1.807) is 35.1 Å². The molecule has 0 radical (unpaired) electrons. The number of rotatable bonds is 4. The Balaban J connectivity index is 1.78. The minimum Gasteiger partial charge on any atom is -0.331 e. The number of hydrogen-bond donors (Lipinski definition) is 1. The summed E-state index contributed by atoms with van der Waals surface area (Å²) < 4.78 is 24.0. The molecule has 1 aliphatic heterocycles. The summed E-state index contributed by atoms with van der Waals surface area (Å²) in [5.41, 5.74) is 2.15. The molecule has 2 aromatic rings. The largest absolute Gasteiger partial charge is 0.331 e. The highest BCUT2D eigenvalue weighted by Gasteiger charge is 2.31. The monoisotopic (exact) mass is 348 g/mol. The number of carbonyl (C=O) groups excluding carboxylic acids is 1. The summed E-state index contributed by atoms with van der Waals surface area (Å²) in [6.45, 7) is 0.706. The lowest BCUT2D eigenvalue weighted by Crippen LogP contribution is -2.30. The van der Waals surface area contributed by atoms with Gasteiger partial charge in [0, 0.05) is 30.9 Å². The molecule has 0 bridgehead atoms. The zero-order valence-corrected chi connectivity index (χ0v) is 14.2. The topological polar surface area (TPSA) is 98.3 Å². The van der Waals surface area contributed by atoms with Crippen molar-refractivity contribution < 1.29 is 13.2 Å². The lowest BCUT2D eigenvalue weighted by molar-refractivity contribution is 0.0735. The fourth-order valence-electron chi connectivity index (χ4n) is 3.11. The molecule has 2 N–H and O–H groups in total. The molecule has 0 aliphatic carbocycles. The fraction of sp³-hybridized carbons (Fsp3) is 0.375. The van der Waals surface area contributed by atoms with Crippen molar-refractivity contribution in [3.8, 4) is 0 Å². The number of primary sulfonamides is 1. The van der Waals surface area contributed by atoms with Crippen LogP contribution < -0.4 is 5.14 Å². The van der Waals surface area contributed by atoms with Gasteiger partial charge in [-0.3, -0.25) is 9.48 Å². The van der Waals surface area contributed by atoms with Gasteiger partial charge >= 0.3 is 0 Å². The van der Waals surface area contributed by atoms with Crippen LogP contribution in [0, 0.1) is 0 Å². The summed E-state index contributed by atoms with van der Waals surface area (Å²) in [5.74, 6) is -0.285. The van der Waals surface area contributed by atoms with Crippen molar-refractivity contribution in [3.63, 3.8) is 0 Å². The predicted molar refractivity (Wildman–Crippen MR) is 89.5 cm³/mol. The van der Waals surface area contributed by atoms with Crippen LogP contribution in [0.15, 0.2) is 36.7 Å². The molecule has 3 rings (SSSR count). The van der Waals surface area contributed by atoms with Gasteiger partial charge in [0.2, 0.25) is 10.0 Å². The number of hydrogen-bond acceptors (Lipinski definition) is 4. The van der Waals surface area contributed by atoms with Gasteiger partial charge in [0.05, 0.1) is 18.0 Å². The fourth-order valence-corrected chi connectivity index (χ4v) is 3.77. The van der Waals surface area contributed by atoms with E-state index >= 15 is 0 Å². The number of nitrogens with zero attached hydrogens (tertiary/aromatic N) is 3. The highest BCUT2D eigenvalue weighted by molar-refractivity contribution is 7.88. The first-order valence-electron chi connectivity index (χ1n) is 7.72. The van der Waals surface area contributed by atoms with Crippen LogP contribution in [0.25, 0.3) is 0 Å². The normalized spacial score (nSPS) is 18.1. The maximum atomic E-state index is 12.8. The first kappa shape index (κ1) is 16.7. The van der Waals surface area contributed by atoms with Crippen LogP contribution in [0.1, 0.15) is 40.4 Å². The molecule has 1 saturated heterocycles. The molecular formula is C16H20N4O3S. The first-order valence-corrected chi connectivity index (χ1v) is 9.44. The molecule has 1 aliphatic rings. The number of nitrogens with two attached hydrogens (primary N) is 1. The van der Waals surface area contributed by atoms with Crippen LogP contribution in [0.5, 0.6) is 0 Å². The number of aryl methyl sites for hydroxylation is 1. The molecule has 8 heteroatoms. The lowest BCUT2D eigenvalue weighted by Gasteiger charge is -2.24. The standard InChI is InChI=1S/C16H20N4O3S/c1-19-10-14(9-18-19)15-3-2-8-20(15)16(21)13-6-4-12(5-7-13)11-24(17,22)23/h4-7,9-10,15H,2-3,8,11H2,1H3,(H2,17,22,23)/t15-/m1/s1. The highest BCUT2D eigenvalue weighted by atomic mass is 32.2. The van der Waals surface area contributed by atoms with E-state index in [0.29, 0.717) is 17.7 Å². The van der Waals surface area contributed by atoms with Crippen molar-refractivity contribution in [2.45, 2.75) is 24.6 Å². The Morgan fingerprint density at radius 2 is 2.04 bits per heavy atom. The summed E-state index contributed by atoms with van der Waals surface area (Å²) in [6, 6.07) is 6.61. The molecule has 7 nitrogen and oxygen atoms in total. The van der Waals surface area contributed by atoms with E-state index in [9.17, 15) is 13.2 Å². The minimum atomic E-state index is -3.57. The Labute approximate surface area is 141 Å². The van der Waals surface area contributed by atoms with Crippen LogP contribution in [0.4, 0.5) is 0 Å². The average Bonchev–Trinajstić information content (AvgIpc) is 3.14. The van der Waals surface area contributed by atoms with Gasteiger partial charge in [0.15, 0.2) is 0 Å². The van der Waals surface area contributed by atoms with Crippen molar-refractivity contribution in [2.24, 2.45) is 12.2 Å². The van der Waals surface area contributed by atoms with Gasteiger partial charge in [-0.05, 0) is 30.5 Å².